The van der Waals surface area contributed by atoms with Crippen molar-refractivity contribution in [3.63, 3.8) is 0 Å². The second-order valence-electron chi connectivity index (χ2n) is 7.24. The van der Waals surface area contributed by atoms with Crippen molar-refractivity contribution in [1.82, 2.24) is 16.0 Å². The Hall–Kier alpha value is -1.19. The van der Waals surface area contributed by atoms with Gasteiger partial charge in [0.2, 0.25) is 5.91 Å². The number of carbonyl (C=O) groups is 3. The molecule has 0 aromatic carbocycles. The zero-order chi connectivity index (χ0) is 21.4. The van der Waals surface area contributed by atoms with Crippen LogP contribution in [-0.2, 0) is 14.3 Å². The highest BCUT2D eigenvalue weighted by Crippen LogP contribution is 2.07. The topological polar surface area (TPSA) is 101 Å². The summed E-state index contributed by atoms with van der Waals surface area (Å²) in [6.07, 6.45) is 1.71. The summed E-state index contributed by atoms with van der Waals surface area (Å²) in [5.41, 5.74) is 0. The van der Waals surface area contributed by atoms with Crippen LogP contribution in [0.4, 0.5) is 4.79 Å². The molecular weight excluding hydrogens is 416 g/mol. The Kier molecular flexibility index (Phi) is 19.5. The zero-order valence-electron chi connectivity index (χ0n) is 18.4. The number of ether oxygens (including phenoxy) is 1. The Bertz CT molecular complexity index is 469. The second kappa shape index (κ2) is 18.8. The molecule has 10 heteroatoms. The molecule has 0 bridgehead atoms. The number of thioether (sulfide) groups is 1. The van der Waals surface area contributed by atoms with E-state index in [9.17, 15) is 14.4 Å². The Labute approximate surface area is 186 Å². The largest absolute Gasteiger partial charge is 1.00 e. The van der Waals surface area contributed by atoms with Crippen molar-refractivity contribution in [2.75, 3.05) is 58.4 Å². The molecule has 2 atom stereocenters. The quantitative estimate of drug-likeness (QED) is 0.155. The molecule has 0 aliphatic carbocycles. The Morgan fingerprint density at radius 2 is 1.66 bits per heavy atom. The van der Waals surface area contributed by atoms with E-state index in [2.05, 4.69) is 30.0 Å². The molecular formula is C19H39ClN4O4S. The van der Waals surface area contributed by atoms with Crippen molar-refractivity contribution in [3.05, 3.63) is 0 Å². The van der Waals surface area contributed by atoms with Crippen LogP contribution in [-0.4, -0.2) is 76.3 Å². The van der Waals surface area contributed by atoms with Crippen molar-refractivity contribution in [2.24, 2.45) is 11.8 Å². The molecule has 2 unspecified atom stereocenters. The van der Waals surface area contributed by atoms with Crippen LogP contribution in [0.25, 0.3) is 0 Å². The number of hydrogen-bond acceptors (Lipinski definition) is 5. The number of amides is 3. The Morgan fingerprint density at radius 3 is 2.28 bits per heavy atom. The van der Waals surface area contributed by atoms with Crippen LogP contribution in [0, 0.1) is 11.8 Å². The molecule has 0 saturated carbocycles. The third-order valence-electron chi connectivity index (χ3n) is 4.15. The van der Waals surface area contributed by atoms with Crippen molar-refractivity contribution in [3.8, 4) is 0 Å². The second-order valence-corrected chi connectivity index (χ2v) is 8.39. The highest BCUT2D eigenvalue weighted by atomic mass is 35.5. The third-order valence-corrected chi connectivity index (χ3v) is 5.38. The normalized spacial score (nSPS) is 12.5. The van der Waals surface area contributed by atoms with Gasteiger partial charge in [0, 0.05) is 36.9 Å². The molecule has 8 nitrogen and oxygen atoms in total. The van der Waals surface area contributed by atoms with E-state index in [-0.39, 0.29) is 55.3 Å². The summed E-state index contributed by atoms with van der Waals surface area (Å²) in [5.74, 6) is 1.13. The summed E-state index contributed by atoms with van der Waals surface area (Å²) < 4.78 is 5.06. The average molecular weight is 455 g/mol. The van der Waals surface area contributed by atoms with Gasteiger partial charge in [-0.2, -0.15) is 11.8 Å². The molecule has 0 spiro atoms. The fourth-order valence-electron chi connectivity index (χ4n) is 2.09. The molecule has 0 aliphatic rings. The van der Waals surface area contributed by atoms with Crippen molar-refractivity contribution in [1.29, 1.82) is 0 Å². The van der Waals surface area contributed by atoms with E-state index >= 15 is 0 Å². The lowest BCUT2D eigenvalue weighted by molar-refractivity contribution is -0.858. The number of esters is 1. The molecule has 0 aromatic heterocycles. The number of halogens is 1. The molecule has 0 rings (SSSR count). The number of nitrogens with one attached hydrogen (secondary N) is 4. The fraction of sp³-hybridized carbons (Fsp3) is 0.842. The summed E-state index contributed by atoms with van der Waals surface area (Å²) in [5, 5.41) is 8.36. The SMILES string of the molecule is CCC(C)C(=O)OCCNC(=O)NCCSCC(C)C(=O)NCCC[NH+](C)C.[Cl-]. The van der Waals surface area contributed by atoms with Crippen LogP contribution in [0.5, 0.6) is 0 Å². The standard InChI is InChI=1S/C19H38N4O4S.ClH/c1-6-15(2)18(25)27-12-9-21-19(26)22-10-13-28-14-16(3)17(24)20-8-7-11-23(4)5;/h15-16H,6-14H2,1-5H3,(H,20,24)(H2,21,22,26);1H. The molecule has 172 valence electrons. The number of carbonyl (C=O) groups excluding carboxylic acids is 3. The average Bonchev–Trinajstić information content (AvgIpc) is 2.66. The van der Waals surface area contributed by atoms with Gasteiger partial charge in [-0.05, 0) is 6.42 Å². The minimum absolute atomic E-state index is 0. The third kappa shape index (κ3) is 17.4. The van der Waals surface area contributed by atoms with Gasteiger partial charge in [0.25, 0.3) is 0 Å². The summed E-state index contributed by atoms with van der Waals surface area (Å²) in [6, 6.07) is -0.283. The first-order chi connectivity index (χ1) is 13.3. The molecule has 0 aromatic rings. The van der Waals surface area contributed by atoms with E-state index in [0.29, 0.717) is 13.1 Å². The lowest BCUT2D eigenvalue weighted by Gasteiger charge is -2.13. The molecule has 29 heavy (non-hydrogen) atoms. The zero-order valence-corrected chi connectivity index (χ0v) is 20.0. The summed E-state index contributed by atoms with van der Waals surface area (Å²) in [4.78, 5) is 36.5. The van der Waals surface area contributed by atoms with Crippen LogP contribution in [0.15, 0.2) is 0 Å². The van der Waals surface area contributed by atoms with Gasteiger partial charge in [-0.3, -0.25) is 9.59 Å². The van der Waals surface area contributed by atoms with Crippen LogP contribution < -0.4 is 33.3 Å². The minimum atomic E-state index is -0.283. The highest BCUT2D eigenvalue weighted by Gasteiger charge is 2.13. The van der Waals surface area contributed by atoms with E-state index in [0.717, 1.165) is 30.9 Å². The van der Waals surface area contributed by atoms with Crippen LogP contribution in [0.3, 0.4) is 0 Å². The predicted molar refractivity (Wildman–Crippen MR) is 114 cm³/mol. The van der Waals surface area contributed by atoms with Gasteiger partial charge in [0.05, 0.1) is 33.1 Å². The maximum absolute atomic E-state index is 12.0. The summed E-state index contributed by atoms with van der Waals surface area (Å²) >= 11 is 1.64. The first-order valence-corrected chi connectivity index (χ1v) is 11.3. The molecule has 0 fully saturated rings. The molecule has 4 N–H and O–H groups in total. The van der Waals surface area contributed by atoms with Gasteiger partial charge >= 0.3 is 12.0 Å². The Morgan fingerprint density at radius 1 is 1.00 bits per heavy atom. The van der Waals surface area contributed by atoms with Gasteiger partial charge in [0.1, 0.15) is 6.61 Å². The number of quaternary nitrogens is 1. The lowest BCUT2D eigenvalue weighted by atomic mass is 10.1. The number of rotatable bonds is 15. The van der Waals surface area contributed by atoms with E-state index < -0.39 is 0 Å². The fourth-order valence-corrected chi connectivity index (χ4v) is 3.01. The van der Waals surface area contributed by atoms with Crippen molar-refractivity contribution >= 4 is 29.7 Å². The monoisotopic (exact) mass is 454 g/mol. The van der Waals surface area contributed by atoms with Gasteiger partial charge < -0.3 is 38.0 Å². The predicted octanol–water partition coefficient (Wildman–Crippen LogP) is -3.10. The van der Waals surface area contributed by atoms with Gasteiger partial charge in [-0.25, -0.2) is 4.79 Å². The van der Waals surface area contributed by atoms with Crippen LogP contribution >= 0.6 is 11.8 Å². The smallest absolute Gasteiger partial charge is 0.314 e. The molecule has 0 aliphatic heterocycles. The van der Waals surface area contributed by atoms with E-state index in [4.69, 9.17) is 4.74 Å². The van der Waals surface area contributed by atoms with Gasteiger partial charge in [-0.1, -0.05) is 20.8 Å². The lowest BCUT2D eigenvalue weighted by Crippen LogP contribution is -3.05. The van der Waals surface area contributed by atoms with E-state index in [1.54, 1.807) is 11.8 Å². The maximum Gasteiger partial charge on any atom is 0.314 e. The Balaban J connectivity index is 0. The van der Waals surface area contributed by atoms with E-state index in [1.165, 1.54) is 4.90 Å². The van der Waals surface area contributed by atoms with Gasteiger partial charge in [-0.15, -0.1) is 0 Å². The summed E-state index contributed by atoms with van der Waals surface area (Å²) in [7, 11) is 4.19. The first kappa shape index (κ1) is 30.0. The van der Waals surface area contributed by atoms with Crippen molar-refractivity contribution < 1.29 is 36.4 Å². The minimum Gasteiger partial charge on any atom is -1.00 e. The summed E-state index contributed by atoms with van der Waals surface area (Å²) in [6.45, 7) is 8.39. The molecule has 0 saturated heterocycles. The molecule has 0 heterocycles. The maximum atomic E-state index is 12.0. The number of hydrogen-bond donors (Lipinski definition) is 4. The van der Waals surface area contributed by atoms with Crippen LogP contribution in [0.2, 0.25) is 0 Å². The first-order valence-electron chi connectivity index (χ1n) is 10.1. The van der Waals surface area contributed by atoms with Crippen LogP contribution in [0.1, 0.15) is 33.6 Å². The van der Waals surface area contributed by atoms with Gasteiger partial charge in [0.15, 0.2) is 0 Å². The number of urea groups is 1. The van der Waals surface area contributed by atoms with Crippen molar-refractivity contribution in [2.45, 2.75) is 33.6 Å². The van der Waals surface area contributed by atoms with E-state index in [1.807, 2.05) is 20.8 Å². The highest BCUT2D eigenvalue weighted by molar-refractivity contribution is 7.99. The molecule has 0 radical (unpaired) electrons. The molecule has 3 amide bonds.